The van der Waals surface area contributed by atoms with E-state index in [1.807, 2.05) is 0 Å². The highest BCUT2D eigenvalue weighted by atomic mass is 15.3. The molecule has 1 aliphatic rings. The summed E-state index contributed by atoms with van der Waals surface area (Å²) in [6.07, 6.45) is 0.926. The van der Waals surface area contributed by atoms with Gasteiger partial charge in [0.1, 0.15) is 0 Å². The molecule has 0 radical (unpaired) electrons. The lowest BCUT2D eigenvalue weighted by atomic mass is 9.87. The number of amidine groups is 1. The number of likely N-dealkylation sites (N-methyl/N-ethyl adjacent to an activating group) is 1. The predicted octanol–water partition coefficient (Wildman–Crippen LogP) is 2.33. The number of benzene rings is 1. The van der Waals surface area contributed by atoms with Crippen molar-refractivity contribution in [2.75, 3.05) is 33.2 Å². The molecule has 0 spiro atoms. The van der Waals surface area contributed by atoms with Crippen LogP contribution >= 0.6 is 0 Å². The molecule has 21 heavy (non-hydrogen) atoms. The molecule has 1 heterocycles. The van der Waals surface area contributed by atoms with Crippen LogP contribution in [0.4, 0.5) is 0 Å². The molecule has 4 nitrogen and oxygen atoms in total. The van der Waals surface area contributed by atoms with Crippen molar-refractivity contribution in [1.29, 1.82) is 5.41 Å². The average Bonchev–Trinajstić information content (AvgIpc) is 2.46. The Kier molecular flexibility index (Phi) is 5.01. The summed E-state index contributed by atoms with van der Waals surface area (Å²) in [5.41, 5.74) is 6.87. The second kappa shape index (κ2) is 6.58. The Balaban J connectivity index is 2.07. The van der Waals surface area contributed by atoms with E-state index >= 15 is 0 Å². The van der Waals surface area contributed by atoms with Gasteiger partial charge in [-0.3, -0.25) is 10.3 Å². The lowest BCUT2D eigenvalue weighted by Gasteiger charge is -2.41. The van der Waals surface area contributed by atoms with Gasteiger partial charge in [0.05, 0.1) is 5.84 Å². The molecule has 0 aromatic heterocycles. The van der Waals surface area contributed by atoms with Crippen molar-refractivity contribution in [2.24, 2.45) is 11.1 Å². The molecule has 1 atom stereocenters. The number of nitrogens with zero attached hydrogens (tertiary/aromatic N) is 2. The monoisotopic (exact) mass is 288 g/mol. The van der Waals surface area contributed by atoms with Crippen molar-refractivity contribution >= 4 is 5.84 Å². The highest BCUT2D eigenvalue weighted by Crippen LogP contribution is 2.28. The summed E-state index contributed by atoms with van der Waals surface area (Å²) in [7, 11) is 2.19. The molecule has 1 unspecified atom stereocenters. The summed E-state index contributed by atoms with van der Waals surface area (Å²) in [6, 6.07) is 11.2. The Labute approximate surface area is 128 Å². The molecular weight excluding hydrogens is 260 g/mol. The summed E-state index contributed by atoms with van der Waals surface area (Å²) in [6.45, 7) is 8.34. The van der Waals surface area contributed by atoms with Gasteiger partial charge >= 0.3 is 0 Å². The number of hydrogen-bond donors (Lipinski definition) is 2. The fourth-order valence-electron chi connectivity index (χ4n) is 2.77. The molecule has 1 fully saturated rings. The molecule has 0 saturated carbocycles. The van der Waals surface area contributed by atoms with Gasteiger partial charge in [-0.2, -0.15) is 0 Å². The third kappa shape index (κ3) is 4.05. The van der Waals surface area contributed by atoms with E-state index in [-0.39, 0.29) is 11.3 Å². The number of hydrogen-bond acceptors (Lipinski definition) is 3. The Bertz CT molecular complexity index is 469. The quantitative estimate of drug-likeness (QED) is 0.646. The van der Waals surface area contributed by atoms with E-state index in [2.05, 4.69) is 61.0 Å². The summed E-state index contributed by atoms with van der Waals surface area (Å²) in [5.74, 6) is 0.285. The standard InChI is InChI=1S/C17H28N4/c1-17(2,16(18)19)9-10-21-12-11-20(3)13-15(21)14-7-5-4-6-8-14/h4-8,15H,9-13H2,1-3H3,(H3,18,19). The first-order chi connectivity index (χ1) is 9.90. The lowest BCUT2D eigenvalue weighted by Crippen LogP contribution is -2.48. The topological polar surface area (TPSA) is 56.4 Å². The zero-order valence-electron chi connectivity index (χ0n) is 13.5. The SMILES string of the molecule is CN1CCN(CCC(C)(C)C(=N)N)C(c2ccccc2)C1. The maximum atomic E-state index is 7.71. The molecule has 2 rings (SSSR count). The first-order valence-electron chi connectivity index (χ1n) is 7.72. The van der Waals surface area contributed by atoms with Crippen LogP contribution in [0.25, 0.3) is 0 Å². The first-order valence-corrected chi connectivity index (χ1v) is 7.72. The molecule has 0 aliphatic carbocycles. The van der Waals surface area contributed by atoms with E-state index in [0.29, 0.717) is 6.04 Å². The minimum atomic E-state index is -0.218. The van der Waals surface area contributed by atoms with Crippen molar-refractivity contribution in [2.45, 2.75) is 26.3 Å². The Morgan fingerprint density at radius 2 is 1.95 bits per heavy atom. The minimum absolute atomic E-state index is 0.218. The first kappa shape index (κ1) is 16.0. The van der Waals surface area contributed by atoms with Gasteiger partial charge in [0.25, 0.3) is 0 Å². The zero-order chi connectivity index (χ0) is 15.5. The van der Waals surface area contributed by atoms with Crippen LogP contribution in [0.15, 0.2) is 30.3 Å². The maximum absolute atomic E-state index is 7.71. The van der Waals surface area contributed by atoms with E-state index < -0.39 is 0 Å². The lowest BCUT2D eigenvalue weighted by molar-refractivity contribution is 0.0828. The van der Waals surface area contributed by atoms with E-state index in [9.17, 15) is 0 Å². The van der Waals surface area contributed by atoms with E-state index in [4.69, 9.17) is 11.1 Å². The second-order valence-corrected chi connectivity index (χ2v) is 6.77. The highest BCUT2D eigenvalue weighted by molar-refractivity contribution is 5.82. The van der Waals surface area contributed by atoms with Gasteiger partial charge in [-0.25, -0.2) is 0 Å². The molecule has 1 aromatic carbocycles. The van der Waals surface area contributed by atoms with E-state index in [0.717, 1.165) is 32.6 Å². The van der Waals surface area contributed by atoms with Gasteiger partial charge in [-0.05, 0) is 25.6 Å². The van der Waals surface area contributed by atoms with Crippen LogP contribution in [0, 0.1) is 10.8 Å². The van der Waals surface area contributed by atoms with Gasteiger partial charge in [0.15, 0.2) is 0 Å². The average molecular weight is 288 g/mol. The van der Waals surface area contributed by atoms with Crippen LogP contribution < -0.4 is 5.73 Å². The van der Waals surface area contributed by atoms with Crippen molar-refractivity contribution in [3.8, 4) is 0 Å². The van der Waals surface area contributed by atoms with Crippen LogP contribution in [-0.4, -0.2) is 48.9 Å². The summed E-state index contributed by atoms with van der Waals surface area (Å²) in [5, 5.41) is 7.71. The highest BCUT2D eigenvalue weighted by Gasteiger charge is 2.29. The normalized spacial score (nSPS) is 21.4. The molecule has 1 saturated heterocycles. The van der Waals surface area contributed by atoms with Crippen molar-refractivity contribution < 1.29 is 0 Å². The van der Waals surface area contributed by atoms with Gasteiger partial charge < -0.3 is 10.6 Å². The van der Waals surface area contributed by atoms with Crippen molar-refractivity contribution in [3.63, 3.8) is 0 Å². The van der Waals surface area contributed by atoms with Crippen LogP contribution in [0.3, 0.4) is 0 Å². The number of nitrogens with two attached hydrogens (primary N) is 1. The minimum Gasteiger partial charge on any atom is -0.387 e. The predicted molar refractivity (Wildman–Crippen MR) is 88.6 cm³/mol. The molecular formula is C17H28N4. The Hall–Kier alpha value is -1.39. The third-order valence-corrected chi connectivity index (χ3v) is 4.63. The number of piperazine rings is 1. The molecule has 1 aromatic rings. The zero-order valence-corrected chi connectivity index (χ0v) is 13.5. The fraction of sp³-hybridized carbons (Fsp3) is 0.588. The second-order valence-electron chi connectivity index (χ2n) is 6.77. The van der Waals surface area contributed by atoms with Crippen LogP contribution in [-0.2, 0) is 0 Å². The van der Waals surface area contributed by atoms with Gasteiger partial charge in [0.2, 0.25) is 0 Å². The molecule has 4 heteroatoms. The van der Waals surface area contributed by atoms with E-state index in [1.165, 1.54) is 5.56 Å². The number of rotatable bonds is 5. The molecule has 116 valence electrons. The van der Waals surface area contributed by atoms with Crippen LogP contribution in [0.1, 0.15) is 31.9 Å². The van der Waals surface area contributed by atoms with E-state index in [1.54, 1.807) is 0 Å². The van der Waals surface area contributed by atoms with Crippen molar-refractivity contribution in [3.05, 3.63) is 35.9 Å². The summed E-state index contributed by atoms with van der Waals surface area (Å²) in [4.78, 5) is 4.93. The summed E-state index contributed by atoms with van der Waals surface area (Å²) < 4.78 is 0. The van der Waals surface area contributed by atoms with Gasteiger partial charge in [-0.1, -0.05) is 44.2 Å². The smallest absolute Gasteiger partial charge is 0.0963 e. The maximum Gasteiger partial charge on any atom is 0.0963 e. The summed E-state index contributed by atoms with van der Waals surface area (Å²) >= 11 is 0. The van der Waals surface area contributed by atoms with Gasteiger partial charge in [-0.15, -0.1) is 0 Å². The Morgan fingerprint density at radius 3 is 2.57 bits per heavy atom. The fourth-order valence-corrected chi connectivity index (χ4v) is 2.77. The molecule has 0 amide bonds. The molecule has 3 N–H and O–H groups in total. The van der Waals surface area contributed by atoms with Crippen molar-refractivity contribution in [1.82, 2.24) is 9.80 Å². The molecule has 0 bridgehead atoms. The Morgan fingerprint density at radius 1 is 1.29 bits per heavy atom. The third-order valence-electron chi connectivity index (χ3n) is 4.63. The molecule has 1 aliphatic heterocycles. The number of nitrogens with one attached hydrogen (secondary N) is 1. The van der Waals surface area contributed by atoms with Crippen LogP contribution in [0.5, 0.6) is 0 Å². The largest absolute Gasteiger partial charge is 0.387 e. The van der Waals surface area contributed by atoms with Gasteiger partial charge in [0, 0.05) is 31.1 Å². The van der Waals surface area contributed by atoms with Crippen LogP contribution in [0.2, 0.25) is 0 Å².